The highest BCUT2D eigenvalue weighted by Gasteiger charge is 2.24. The SMILES string of the molecule is CC(C)[C@H](NC(=O)c1ccc(Cl)cc1Cl)c1nc(SCC(=O)Nc2ccc3ccccc3c2)n[nH]1. The molecule has 1 aromatic heterocycles. The van der Waals surface area contributed by atoms with E-state index >= 15 is 0 Å². The number of anilines is 1. The van der Waals surface area contributed by atoms with Gasteiger partial charge in [0.1, 0.15) is 5.82 Å². The van der Waals surface area contributed by atoms with Crippen molar-refractivity contribution in [1.82, 2.24) is 20.5 Å². The summed E-state index contributed by atoms with van der Waals surface area (Å²) in [4.78, 5) is 29.7. The molecule has 0 aliphatic rings. The Bertz CT molecular complexity index is 1370. The number of nitrogens with zero attached hydrogens (tertiary/aromatic N) is 2. The summed E-state index contributed by atoms with van der Waals surface area (Å²) in [6, 6.07) is 18.0. The maximum absolute atomic E-state index is 12.8. The molecule has 10 heteroatoms. The minimum Gasteiger partial charge on any atom is -0.342 e. The Kier molecular flexibility index (Phi) is 7.95. The molecule has 0 unspecified atom stereocenters. The topological polar surface area (TPSA) is 99.8 Å². The molecule has 3 N–H and O–H groups in total. The summed E-state index contributed by atoms with van der Waals surface area (Å²) in [7, 11) is 0. The molecule has 35 heavy (non-hydrogen) atoms. The van der Waals surface area contributed by atoms with Gasteiger partial charge in [0.15, 0.2) is 0 Å². The van der Waals surface area contributed by atoms with Crippen molar-refractivity contribution >= 4 is 63.2 Å². The van der Waals surface area contributed by atoms with Gasteiger partial charge in [0.25, 0.3) is 5.91 Å². The zero-order valence-corrected chi connectivity index (χ0v) is 21.3. The third-order valence-electron chi connectivity index (χ3n) is 5.27. The first-order valence-electron chi connectivity index (χ1n) is 10.9. The molecule has 0 fully saturated rings. The van der Waals surface area contributed by atoms with E-state index < -0.39 is 6.04 Å². The van der Waals surface area contributed by atoms with Crippen LogP contribution >= 0.6 is 35.0 Å². The monoisotopic (exact) mass is 527 g/mol. The van der Waals surface area contributed by atoms with Crippen LogP contribution in [0.5, 0.6) is 0 Å². The number of rotatable bonds is 8. The van der Waals surface area contributed by atoms with Crippen molar-refractivity contribution in [2.75, 3.05) is 11.1 Å². The van der Waals surface area contributed by atoms with E-state index in [-0.39, 0.29) is 28.5 Å². The van der Waals surface area contributed by atoms with E-state index in [4.69, 9.17) is 23.2 Å². The Balaban J connectivity index is 1.37. The smallest absolute Gasteiger partial charge is 0.253 e. The standard InChI is InChI=1S/C25H23Cl2N5O2S/c1-14(2)22(29-24(34)19-10-8-17(26)12-20(19)27)23-30-25(32-31-23)35-13-21(33)28-18-9-7-15-5-3-4-6-16(15)11-18/h3-12,14,22H,13H2,1-2H3,(H,28,33)(H,29,34)(H,30,31,32)/t22-/m0/s1. The van der Waals surface area contributed by atoms with Crippen LogP contribution in [0.3, 0.4) is 0 Å². The van der Waals surface area contributed by atoms with Gasteiger partial charge in [-0.2, -0.15) is 0 Å². The van der Waals surface area contributed by atoms with Gasteiger partial charge in [0.05, 0.1) is 22.4 Å². The number of aromatic amines is 1. The molecule has 0 bridgehead atoms. The molecular formula is C25H23Cl2N5O2S. The third kappa shape index (κ3) is 6.33. The van der Waals surface area contributed by atoms with Crippen LogP contribution in [-0.4, -0.2) is 32.7 Å². The Hall–Kier alpha value is -3.07. The second kappa shape index (κ2) is 11.1. The number of hydrogen-bond acceptors (Lipinski definition) is 5. The van der Waals surface area contributed by atoms with Crippen LogP contribution in [0, 0.1) is 5.92 Å². The fourth-order valence-electron chi connectivity index (χ4n) is 3.50. The summed E-state index contributed by atoms with van der Waals surface area (Å²) in [6.45, 7) is 3.92. The van der Waals surface area contributed by atoms with Gasteiger partial charge in [-0.05, 0) is 47.0 Å². The fraction of sp³-hybridized carbons (Fsp3) is 0.200. The normalized spacial score (nSPS) is 12.0. The minimum atomic E-state index is -0.428. The predicted molar refractivity (Wildman–Crippen MR) is 141 cm³/mol. The van der Waals surface area contributed by atoms with Crippen LogP contribution in [0.15, 0.2) is 65.8 Å². The summed E-state index contributed by atoms with van der Waals surface area (Å²) >= 11 is 13.3. The summed E-state index contributed by atoms with van der Waals surface area (Å²) < 4.78 is 0. The number of carbonyl (C=O) groups is 2. The fourth-order valence-corrected chi connectivity index (χ4v) is 4.60. The Morgan fingerprint density at radius 3 is 2.54 bits per heavy atom. The van der Waals surface area contributed by atoms with Crippen molar-refractivity contribution in [3.63, 3.8) is 0 Å². The van der Waals surface area contributed by atoms with E-state index in [1.54, 1.807) is 12.1 Å². The molecule has 7 nitrogen and oxygen atoms in total. The molecule has 4 aromatic rings. The minimum absolute atomic E-state index is 0.0204. The molecule has 0 saturated carbocycles. The maximum Gasteiger partial charge on any atom is 0.253 e. The summed E-state index contributed by atoms with van der Waals surface area (Å²) in [6.07, 6.45) is 0. The average molecular weight is 528 g/mol. The summed E-state index contributed by atoms with van der Waals surface area (Å²) in [5.41, 5.74) is 1.05. The lowest BCUT2D eigenvalue weighted by Crippen LogP contribution is -2.32. The van der Waals surface area contributed by atoms with Crippen LogP contribution in [0.4, 0.5) is 5.69 Å². The first-order valence-corrected chi connectivity index (χ1v) is 12.6. The zero-order chi connectivity index (χ0) is 24.9. The van der Waals surface area contributed by atoms with Gasteiger partial charge in [0, 0.05) is 10.7 Å². The number of nitrogens with one attached hydrogen (secondary N) is 3. The molecule has 0 saturated heterocycles. The largest absolute Gasteiger partial charge is 0.342 e. The number of carbonyl (C=O) groups excluding carboxylic acids is 2. The van der Waals surface area contributed by atoms with Crippen LogP contribution in [0.1, 0.15) is 36.1 Å². The second-order valence-corrected chi connectivity index (χ2v) is 10.0. The van der Waals surface area contributed by atoms with E-state index in [1.807, 2.05) is 56.3 Å². The molecule has 1 atom stereocenters. The van der Waals surface area contributed by atoms with Crippen LogP contribution in [-0.2, 0) is 4.79 Å². The summed E-state index contributed by atoms with van der Waals surface area (Å²) in [5.74, 6) is 0.153. The van der Waals surface area contributed by atoms with Gasteiger partial charge in [-0.3, -0.25) is 14.7 Å². The highest BCUT2D eigenvalue weighted by molar-refractivity contribution is 7.99. The van der Waals surface area contributed by atoms with Crippen LogP contribution in [0.25, 0.3) is 10.8 Å². The molecule has 4 rings (SSSR count). The van der Waals surface area contributed by atoms with Crippen molar-refractivity contribution in [3.05, 3.63) is 82.1 Å². The van der Waals surface area contributed by atoms with Gasteiger partial charge >= 0.3 is 0 Å². The van der Waals surface area contributed by atoms with Gasteiger partial charge in [-0.1, -0.05) is 79.1 Å². The predicted octanol–water partition coefficient (Wildman–Crippen LogP) is 6.12. The molecule has 2 amide bonds. The van der Waals surface area contributed by atoms with E-state index in [9.17, 15) is 9.59 Å². The number of thioether (sulfide) groups is 1. The van der Waals surface area contributed by atoms with Crippen LogP contribution < -0.4 is 10.6 Å². The lowest BCUT2D eigenvalue weighted by atomic mass is 10.0. The third-order valence-corrected chi connectivity index (χ3v) is 6.67. The Labute approximate surface area is 217 Å². The Morgan fingerprint density at radius 1 is 1.03 bits per heavy atom. The number of aromatic nitrogens is 3. The number of H-pyrrole nitrogens is 1. The number of hydrogen-bond donors (Lipinski definition) is 3. The van der Waals surface area contributed by atoms with E-state index in [1.165, 1.54) is 17.8 Å². The molecular weight excluding hydrogens is 505 g/mol. The van der Waals surface area contributed by atoms with Crippen molar-refractivity contribution in [3.8, 4) is 0 Å². The molecule has 0 radical (unpaired) electrons. The van der Waals surface area contributed by atoms with Crippen molar-refractivity contribution in [1.29, 1.82) is 0 Å². The molecule has 0 aliphatic carbocycles. The molecule has 180 valence electrons. The first kappa shape index (κ1) is 25.0. The lowest BCUT2D eigenvalue weighted by Gasteiger charge is -2.20. The Morgan fingerprint density at radius 2 is 1.80 bits per heavy atom. The van der Waals surface area contributed by atoms with Crippen molar-refractivity contribution in [2.24, 2.45) is 5.92 Å². The van der Waals surface area contributed by atoms with Crippen molar-refractivity contribution in [2.45, 2.75) is 25.0 Å². The highest BCUT2D eigenvalue weighted by atomic mass is 35.5. The van der Waals surface area contributed by atoms with Crippen molar-refractivity contribution < 1.29 is 9.59 Å². The van der Waals surface area contributed by atoms with E-state index in [0.29, 0.717) is 21.6 Å². The second-order valence-electron chi connectivity index (χ2n) is 8.22. The first-order chi connectivity index (χ1) is 16.8. The van der Waals surface area contributed by atoms with Gasteiger partial charge in [0.2, 0.25) is 11.1 Å². The van der Waals surface area contributed by atoms with Crippen LogP contribution in [0.2, 0.25) is 10.0 Å². The van der Waals surface area contributed by atoms with Gasteiger partial charge in [-0.25, -0.2) is 4.98 Å². The zero-order valence-electron chi connectivity index (χ0n) is 19.0. The van der Waals surface area contributed by atoms with E-state index in [0.717, 1.165) is 16.5 Å². The maximum atomic E-state index is 12.8. The quantitative estimate of drug-likeness (QED) is 0.239. The molecule has 3 aromatic carbocycles. The highest BCUT2D eigenvalue weighted by Crippen LogP contribution is 2.25. The molecule has 1 heterocycles. The number of amides is 2. The number of halogens is 2. The molecule has 0 aliphatic heterocycles. The average Bonchev–Trinajstić information content (AvgIpc) is 3.29. The number of benzene rings is 3. The van der Waals surface area contributed by atoms with Gasteiger partial charge in [-0.15, -0.1) is 5.10 Å². The van der Waals surface area contributed by atoms with E-state index in [2.05, 4.69) is 25.8 Å². The number of fused-ring (bicyclic) bond motifs is 1. The lowest BCUT2D eigenvalue weighted by molar-refractivity contribution is -0.113. The molecule has 0 spiro atoms. The summed E-state index contributed by atoms with van der Waals surface area (Å²) in [5, 5.41) is 16.2. The van der Waals surface area contributed by atoms with Gasteiger partial charge < -0.3 is 10.6 Å².